The molecule has 0 aliphatic carbocycles. The van der Waals surface area contributed by atoms with Gasteiger partial charge in [-0.15, -0.1) is 11.3 Å². The molecule has 2 N–H and O–H groups in total. The molecule has 90 valence electrons. The van der Waals surface area contributed by atoms with Gasteiger partial charge in [0, 0.05) is 7.11 Å². The van der Waals surface area contributed by atoms with Gasteiger partial charge >= 0.3 is 0 Å². The summed E-state index contributed by atoms with van der Waals surface area (Å²) in [4.78, 5) is 12.3. The van der Waals surface area contributed by atoms with Crippen LogP contribution < -0.4 is 10.1 Å². The van der Waals surface area contributed by atoms with Gasteiger partial charge in [0.05, 0.1) is 26.4 Å². The van der Waals surface area contributed by atoms with E-state index in [2.05, 4.69) is 5.32 Å². The molecule has 0 spiro atoms. The highest BCUT2D eigenvalue weighted by atomic mass is 32.1. The molecule has 1 unspecified atom stereocenters. The van der Waals surface area contributed by atoms with Gasteiger partial charge in [-0.3, -0.25) is 4.79 Å². The minimum absolute atomic E-state index is 0.159. The molecule has 0 fully saturated rings. The average Bonchev–Trinajstić information content (AvgIpc) is 2.76. The van der Waals surface area contributed by atoms with Gasteiger partial charge in [-0.2, -0.15) is 0 Å². The fourth-order valence-corrected chi connectivity index (χ4v) is 1.98. The Bertz CT molecular complexity index is 339. The molecular weight excluding hydrogens is 230 g/mol. The summed E-state index contributed by atoms with van der Waals surface area (Å²) >= 11 is 1.29. The second-order valence-corrected chi connectivity index (χ2v) is 4.04. The summed E-state index contributed by atoms with van der Waals surface area (Å²) in [5, 5.41) is 13.4. The van der Waals surface area contributed by atoms with Crippen LogP contribution >= 0.6 is 11.3 Å². The number of amides is 1. The summed E-state index contributed by atoms with van der Waals surface area (Å²) < 4.78 is 9.90. The minimum Gasteiger partial charge on any atom is -0.495 e. The zero-order valence-electron chi connectivity index (χ0n) is 9.23. The molecule has 0 aliphatic heterocycles. The number of thiophene rings is 1. The Morgan fingerprint density at radius 1 is 1.62 bits per heavy atom. The Labute approximate surface area is 98.0 Å². The summed E-state index contributed by atoms with van der Waals surface area (Å²) in [5.41, 5.74) is 0. The summed E-state index contributed by atoms with van der Waals surface area (Å²) in [7, 11) is 3.03. The van der Waals surface area contributed by atoms with E-state index in [0.717, 1.165) is 0 Å². The van der Waals surface area contributed by atoms with Gasteiger partial charge in [0.1, 0.15) is 10.6 Å². The highest BCUT2D eigenvalue weighted by Crippen LogP contribution is 2.24. The molecule has 0 saturated carbocycles. The number of aliphatic hydroxyl groups is 1. The van der Waals surface area contributed by atoms with Crippen molar-refractivity contribution in [3.05, 3.63) is 16.3 Å². The number of ether oxygens (including phenoxy) is 2. The highest BCUT2D eigenvalue weighted by molar-refractivity contribution is 7.12. The first-order valence-electron chi connectivity index (χ1n) is 4.75. The molecule has 1 aromatic heterocycles. The summed E-state index contributed by atoms with van der Waals surface area (Å²) in [6, 6.07) is 1.33. The van der Waals surface area contributed by atoms with Crippen molar-refractivity contribution in [1.82, 2.24) is 5.32 Å². The number of carbonyl (C=O) groups is 1. The quantitative estimate of drug-likeness (QED) is 0.765. The van der Waals surface area contributed by atoms with Crippen LogP contribution in [0.3, 0.4) is 0 Å². The lowest BCUT2D eigenvalue weighted by molar-refractivity contribution is 0.0841. The lowest BCUT2D eigenvalue weighted by atomic mass is 10.3. The second-order valence-electron chi connectivity index (χ2n) is 3.13. The molecular formula is C10H15NO4S. The molecule has 6 heteroatoms. The fourth-order valence-electron chi connectivity index (χ4n) is 1.22. The third-order valence-electron chi connectivity index (χ3n) is 1.98. The van der Waals surface area contributed by atoms with Crippen LogP contribution in [0.25, 0.3) is 0 Å². The molecule has 0 aromatic carbocycles. The molecule has 0 bridgehead atoms. The normalized spacial score (nSPS) is 12.2. The highest BCUT2D eigenvalue weighted by Gasteiger charge is 2.17. The molecule has 0 saturated heterocycles. The molecule has 0 radical (unpaired) electrons. The van der Waals surface area contributed by atoms with Crippen molar-refractivity contribution in [2.24, 2.45) is 0 Å². The van der Waals surface area contributed by atoms with Gasteiger partial charge in [-0.1, -0.05) is 0 Å². The van der Waals surface area contributed by atoms with Gasteiger partial charge in [0.25, 0.3) is 5.91 Å². The standard InChI is InChI=1S/C10H15NO4S/c1-14-6-7(5-12)11-10(13)9-8(15-2)3-4-16-9/h3-4,7,12H,5-6H2,1-2H3,(H,11,13). The van der Waals surface area contributed by atoms with Crippen LogP contribution in [0.2, 0.25) is 0 Å². The van der Waals surface area contributed by atoms with Crippen molar-refractivity contribution in [3.63, 3.8) is 0 Å². The molecule has 1 atom stereocenters. The van der Waals surface area contributed by atoms with Crippen LogP contribution in [-0.4, -0.2) is 44.5 Å². The Morgan fingerprint density at radius 3 is 2.94 bits per heavy atom. The number of hydrogen-bond donors (Lipinski definition) is 2. The molecule has 1 aromatic rings. The van der Waals surface area contributed by atoms with Crippen LogP contribution in [0.4, 0.5) is 0 Å². The van der Waals surface area contributed by atoms with E-state index in [-0.39, 0.29) is 19.1 Å². The average molecular weight is 245 g/mol. The van der Waals surface area contributed by atoms with Crippen LogP contribution in [0.15, 0.2) is 11.4 Å². The fraction of sp³-hybridized carbons (Fsp3) is 0.500. The van der Waals surface area contributed by atoms with Crippen LogP contribution in [-0.2, 0) is 4.74 Å². The number of nitrogens with one attached hydrogen (secondary N) is 1. The summed E-state index contributed by atoms with van der Waals surface area (Å²) in [6.45, 7) is 0.114. The van der Waals surface area contributed by atoms with Crippen molar-refractivity contribution in [3.8, 4) is 5.75 Å². The first-order valence-corrected chi connectivity index (χ1v) is 5.63. The number of rotatable bonds is 6. The van der Waals surface area contributed by atoms with Gasteiger partial charge in [-0.25, -0.2) is 0 Å². The smallest absolute Gasteiger partial charge is 0.265 e. The molecule has 1 amide bonds. The summed E-state index contributed by atoms with van der Waals surface area (Å²) in [5.74, 6) is 0.277. The van der Waals surface area contributed by atoms with E-state index < -0.39 is 6.04 Å². The van der Waals surface area contributed by atoms with E-state index in [1.54, 1.807) is 11.4 Å². The van der Waals surface area contributed by atoms with Gasteiger partial charge in [0.15, 0.2) is 0 Å². The topological polar surface area (TPSA) is 67.8 Å². The number of aliphatic hydroxyl groups excluding tert-OH is 1. The van der Waals surface area contributed by atoms with E-state index in [4.69, 9.17) is 14.6 Å². The lowest BCUT2D eigenvalue weighted by Crippen LogP contribution is -2.40. The second kappa shape index (κ2) is 6.47. The number of methoxy groups -OCH3 is 2. The van der Waals surface area contributed by atoms with E-state index in [0.29, 0.717) is 10.6 Å². The monoisotopic (exact) mass is 245 g/mol. The van der Waals surface area contributed by atoms with Crippen molar-refractivity contribution in [1.29, 1.82) is 0 Å². The van der Waals surface area contributed by atoms with Gasteiger partial charge < -0.3 is 19.9 Å². The maximum absolute atomic E-state index is 11.8. The Kier molecular flexibility index (Phi) is 5.24. The predicted octanol–water partition coefficient (Wildman–Crippen LogP) is 0.494. The molecule has 16 heavy (non-hydrogen) atoms. The van der Waals surface area contributed by atoms with Crippen molar-refractivity contribution >= 4 is 17.2 Å². The van der Waals surface area contributed by atoms with Gasteiger partial charge in [0.2, 0.25) is 0 Å². The lowest BCUT2D eigenvalue weighted by Gasteiger charge is -2.14. The molecule has 1 heterocycles. The molecule has 5 nitrogen and oxygen atoms in total. The van der Waals surface area contributed by atoms with E-state index in [1.807, 2.05) is 0 Å². The first kappa shape index (κ1) is 13.0. The predicted molar refractivity (Wildman–Crippen MR) is 61.1 cm³/mol. The Morgan fingerprint density at radius 2 is 2.38 bits per heavy atom. The molecule has 0 aliphatic rings. The first-order chi connectivity index (χ1) is 7.72. The van der Waals surface area contributed by atoms with Crippen molar-refractivity contribution in [2.45, 2.75) is 6.04 Å². The molecule has 1 rings (SSSR count). The summed E-state index contributed by atoms with van der Waals surface area (Å²) in [6.07, 6.45) is 0. The van der Waals surface area contributed by atoms with Crippen LogP contribution in [0.1, 0.15) is 9.67 Å². The van der Waals surface area contributed by atoms with Crippen LogP contribution in [0, 0.1) is 0 Å². The minimum atomic E-state index is -0.399. The maximum Gasteiger partial charge on any atom is 0.265 e. The SMILES string of the molecule is COCC(CO)NC(=O)c1sccc1OC. The Balaban J connectivity index is 2.64. The third kappa shape index (κ3) is 3.19. The van der Waals surface area contributed by atoms with Gasteiger partial charge in [-0.05, 0) is 11.4 Å². The zero-order valence-corrected chi connectivity index (χ0v) is 10.0. The third-order valence-corrected chi connectivity index (χ3v) is 2.87. The van der Waals surface area contributed by atoms with E-state index in [1.165, 1.54) is 25.6 Å². The Hall–Kier alpha value is -1.11. The van der Waals surface area contributed by atoms with E-state index in [9.17, 15) is 4.79 Å². The zero-order chi connectivity index (χ0) is 12.0. The number of hydrogen-bond acceptors (Lipinski definition) is 5. The maximum atomic E-state index is 11.8. The van der Waals surface area contributed by atoms with Crippen molar-refractivity contribution < 1.29 is 19.4 Å². The van der Waals surface area contributed by atoms with Crippen molar-refractivity contribution in [2.75, 3.05) is 27.4 Å². The number of carbonyl (C=O) groups excluding carboxylic acids is 1. The van der Waals surface area contributed by atoms with E-state index >= 15 is 0 Å². The van der Waals surface area contributed by atoms with Crippen LogP contribution in [0.5, 0.6) is 5.75 Å². The largest absolute Gasteiger partial charge is 0.495 e.